The molecule has 0 aromatic carbocycles. The highest BCUT2D eigenvalue weighted by Crippen LogP contribution is 1.76. The van der Waals surface area contributed by atoms with E-state index in [1.54, 1.807) is 6.08 Å². The predicted octanol–water partition coefficient (Wildman–Crippen LogP) is -0.185. The predicted molar refractivity (Wildman–Crippen MR) is 46.5 cm³/mol. The number of carbonyl (C=O) groups excluding carboxylic acids is 2. The molecule has 0 aliphatic heterocycles. The zero-order valence-corrected chi connectivity index (χ0v) is 7.22. The topological polar surface area (TPSA) is 58.2 Å². The second kappa shape index (κ2) is 6.39. The number of hydrogen-bond donors (Lipinski definition) is 2. The van der Waals surface area contributed by atoms with Crippen LogP contribution in [-0.2, 0) is 9.59 Å². The van der Waals surface area contributed by atoms with Gasteiger partial charge in [-0.25, -0.2) is 0 Å². The summed E-state index contributed by atoms with van der Waals surface area (Å²) in [6, 6.07) is 0. The number of hydrogen-bond acceptors (Lipinski definition) is 2. The fourth-order valence-electron chi connectivity index (χ4n) is 0.626. The lowest BCUT2D eigenvalue weighted by molar-refractivity contribution is -0.121. The molecule has 0 spiro atoms. The van der Waals surface area contributed by atoms with Crippen LogP contribution in [0.1, 0.15) is 13.3 Å². The molecule has 0 radical (unpaired) electrons. The monoisotopic (exact) mass is 170 g/mol. The van der Waals surface area contributed by atoms with Gasteiger partial charge in [-0.05, 0) is 0 Å². The molecule has 0 rings (SSSR count). The lowest BCUT2D eigenvalue weighted by Crippen LogP contribution is -2.29. The summed E-state index contributed by atoms with van der Waals surface area (Å²) >= 11 is 0. The second-order valence-electron chi connectivity index (χ2n) is 2.33. The van der Waals surface area contributed by atoms with Crippen LogP contribution in [0, 0.1) is 0 Å². The van der Waals surface area contributed by atoms with Gasteiger partial charge in [0.15, 0.2) is 0 Å². The fourth-order valence-corrected chi connectivity index (χ4v) is 0.626. The van der Waals surface area contributed by atoms with E-state index in [0.717, 1.165) is 0 Å². The summed E-state index contributed by atoms with van der Waals surface area (Å²) in [5.41, 5.74) is 0. The van der Waals surface area contributed by atoms with Crippen molar-refractivity contribution in [3.8, 4) is 0 Å². The van der Waals surface area contributed by atoms with E-state index in [2.05, 4.69) is 17.2 Å². The van der Waals surface area contributed by atoms with Crippen molar-refractivity contribution in [1.29, 1.82) is 0 Å². The molecule has 0 heterocycles. The Kier molecular flexibility index (Phi) is 5.69. The van der Waals surface area contributed by atoms with Gasteiger partial charge < -0.3 is 10.6 Å². The first kappa shape index (κ1) is 10.7. The van der Waals surface area contributed by atoms with E-state index < -0.39 is 0 Å². The molecule has 12 heavy (non-hydrogen) atoms. The van der Waals surface area contributed by atoms with Crippen molar-refractivity contribution < 1.29 is 9.59 Å². The average Bonchev–Trinajstić information content (AvgIpc) is 2.00. The van der Waals surface area contributed by atoms with E-state index in [9.17, 15) is 9.59 Å². The van der Waals surface area contributed by atoms with Crippen molar-refractivity contribution in [2.75, 3.05) is 13.1 Å². The van der Waals surface area contributed by atoms with E-state index in [4.69, 9.17) is 0 Å². The summed E-state index contributed by atoms with van der Waals surface area (Å²) in [5.74, 6) is -0.199. The Morgan fingerprint density at radius 3 is 2.58 bits per heavy atom. The molecule has 2 N–H and O–H groups in total. The van der Waals surface area contributed by atoms with Crippen LogP contribution in [0.15, 0.2) is 12.7 Å². The average molecular weight is 170 g/mol. The van der Waals surface area contributed by atoms with Crippen LogP contribution in [0.5, 0.6) is 0 Å². The summed E-state index contributed by atoms with van der Waals surface area (Å²) < 4.78 is 0. The van der Waals surface area contributed by atoms with Crippen molar-refractivity contribution >= 4 is 11.8 Å². The Morgan fingerprint density at radius 2 is 2.08 bits per heavy atom. The summed E-state index contributed by atoms with van der Waals surface area (Å²) in [5, 5.41) is 5.13. The lowest BCUT2D eigenvalue weighted by atomic mass is 10.4. The molecule has 0 aliphatic rings. The maximum atomic E-state index is 10.9. The molecule has 0 aromatic heterocycles. The SMILES string of the molecule is C=CCNC(=O)CCNC(C)=O. The van der Waals surface area contributed by atoms with Crippen LogP contribution in [0.3, 0.4) is 0 Å². The maximum absolute atomic E-state index is 10.9. The van der Waals surface area contributed by atoms with E-state index in [1.165, 1.54) is 6.92 Å². The highest BCUT2D eigenvalue weighted by molar-refractivity contribution is 5.77. The van der Waals surface area contributed by atoms with Gasteiger partial charge in [0.25, 0.3) is 0 Å². The number of carbonyl (C=O) groups is 2. The molecular weight excluding hydrogens is 156 g/mol. The quantitative estimate of drug-likeness (QED) is 0.562. The van der Waals surface area contributed by atoms with E-state index in [-0.39, 0.29) is 11.8 Å². The molecule has 0 bridgehead atoms. The van der Waals surface area contributed by atoms with Crippen LogP contribution in [0.25, 0.3) is 0 Å². The zero-order valence-electron chi connectivity index (χ0n) is 7.22. The van der Waals surface area contributed by atoms with Gasteiger partial charge in [0.2, 0.25) is 11.8 Å². The molecule has 0 saturated carbocycles. The first-order valence-corrected chi connectivity index (χ1v) is 3.79. The molecule has 0 unspecified atom stereocenters. The lowest BCUT2D eigenvalue weighted by Gasteiger charge is -2.02. The van der Waals surface area contributed by atoms with E-state index >= 15 is 0 Å². The molecule has 68 valence electrons. The summed E-state index contributed by atoms with van der Waals surface area (Å²) in [6.45, 7) is 5.73. The largest absolute Gasteiger partial charge is 0.356 e. The minimum Gasteiger partial charge on any atom is -0.356 e. The molecule has 0 saturated heterocycles. The van der Waals surface area contributed by atoms with Gasteiger partial charge in [-0.3, -0.25) is 9.59 Å². The first-order valence-electron chi connectivity index (χ1n) is 3.79. The Labute approximate surface area is 72.0 Å². The minimum absolute atomic E-state index is 0.0800. The number of rotatable bonds is 5. The molecule has 0 aliphatic carbocycles. The normalized spacial score (nSPS) is 8.75. The van der Waals surface area contributed by atoms with Crippen molar-refractivity contribution in [2.24, 2.45) is 0 Å². The third-order valence-electron chi connectivity index (χ3n) is 1.17. The van der Waals surface area contributed by atoms with Crippen LogP contribution >= 0.6 is 0 Å². The summed E-state index contributed by atoms with van der Waals surface area (Å²) in [6.07, 6.45) is 1.92. The van der Waals surface area contributed by atoms with Crippen LogP contribution in [0.4, 0.5) is 0 Å². The van der Waals surface area contributed by atoms with Gasteiger partial charge in [-0.2, -0.15) is 0 Å². The smallest absolute Gasteiger partial charge is 0.222 e. The highest BCUT2D eigenvalue weighted by Gasteiger charge is 1.98. The minimum atomic E-state index is -0.119. The molecule has 2 amide bonds. The van der Waals surface area contributed by atoms with Gasteiger partial charge in [-0.1, -0.05) is 6.08 Å². The maximum Gasteiger partial charge on any atom is 0.222 e. The Hall–Kier alpha value is -1.32. The Bertz CT molecular complexity index is 178. The summed E-state index contributed by atoms with van der Waals surface area (Å²) in [4.78, 5) is 21.3. The van der Waals surface area contributed by atoms with Crippen LogP contribution in [-0.4, -0.2) is 24.9 Å². The standard InChI is InChI=1S/C8H14N2O2/c1-3-5-10-8(12)4-6-9-7(2)11/h3H,1,4-6H2,2H3,(H,9,11)(H,10,12). The fraction of sp³-hybridized carbons (Fsp3) is 0.500. The molecular formula is C8H14N2O2. The first-order chi connectivity index (χ1) is 5.66. The number of amides is 2. The Balaban J connectivity index is 3.31. The Morgan fingerprint density at radius 1 is 1.42 bits per heavy atom. The van der Waals surface area contributed by atoms with Crippen LogP contribution < -0.4 is 10.6 Å². The van der Waals surface area contributed by atoms with Crippen molar-refractivity contribution in [2.45, 2.75) is 13.3 Å². The van der Waals surface area contributed by atoms with Gasteiger partial charge >= 0.3 is 0 Å². The molecule has 0 fully saturated rings. The van der Waals surface area contributed by atoms with Crippen molar-refractivity contribution in [1.82, 2.24) is 10.6 Å². The highest BCUT2D eigenvalue weighted by atomic mass is 16.2. The third-order valence-corrected chi connectivity index (χ3v) is 1.17. The van der Waals surface area contributed by atoms with Crippen molar-refractivity contribution in [3.63, 3.8) is 0 Å². The number of nitrogens with one attached hydrogen (secondary N) is 2. The second-order valence-corrected chi connectivity index (χ2v) is 2.33. The third kappa shape index (κ3) is 6.80. The zero-order chi connectivity index (χ0) is 9.40. The van der Waals surface area contributed by atoms with Gasteiger partial charge in [-0.15, -0.1) is 6.58 Å². The van der Waals surface area contributed by atoms with Crippen LogP contribution in [0.2, 0.25) is 0 Å². The summed E-state index contributed by atoms with van der Waals surface area (Å²) in [7, 11) is 0. The van der Waals surface area contributed by atoms with E-state index in [0.29, 0.717) is 19.5 Å². The molecule has 0 atom stereocenters. The van der Waals surface area contributed by atoms with Gasteiger partial charge in [0, 0.05) is 26.4 Å². The molecule has 4 nitrogen and oxygen atoms in total. The molecule has 4 heteroatoms. The van der Waals surface area contributed by atoms with E-state index in [1.807, 2.05) is 0 Å². The van der Waals surface area contributed by atoms with Crippen molar-refractivity contribution in [3.05, 3.63) is 12.7 Å². The van der Waals surface area contributed by atoms with Gasteiger partial charge in [0.05, 0.1) is 0 Å². The van der Waals surface area contributed by atoms with Gasteiger partial charge in [0.1, 0.15) is 0 Å². The molecule has 0 aromatic rings.